The van der Waals surface area contributed by atoms with Crippen LogP contribution in [0.5, 0.6) is 5.75 Å². The van der Waals surface area contributed by atoms with E-state index in [0.29, 0.717) is 10.7 Å². The Balaban J connectivity index is 1.96. The molecular weight excluding hydrogens is 318 g/mol. The van der Waals surface area contributed by atoms with E-state index >= 15 is 0 Å². The molecule has 0 unspecified atom stereocenters. The van der Waals surface area contributed by atoms with Gasteiger partial charge >= 0.3 is 5.97 Å². The van der Waals surface area contributed by atoms with Gasteiger partial charge in [0, 0.05) is 10.7 Å². The fourth-order valence-corrected chi connectivity index (χ4v) is 2.13. The molecule has 23 heavy (non-hydrogen) atoms. The number of phenolic OH excluding ortho intramolecular Hbond substituents is 1. The summed E-state index contributed by atoms with van der Waals surface area (Å²) in [5, 5.41) is 12.6. The topological polar surface area (TPSA) is 75.6 Å². The van der Waals surface area contributed by atoms with Crippen LogP contribution < -0.4 is 5.32 Å². The molecule has 5 nitrogen and oxygen atoms in total. The van der Waals surface area contributed by atoms with Crippen LogP contribution in [0.25, 0.3) is 0 Å². The molecular formula is C17H16ClNO4. The van der Waals surface area contributed by atoms with Crippen molar-refractivity contribution in [1.29, 1.82) is 0 Å². The molecule has 0 saturated carbocycles. The van der Waals surface area contributed by atoms with Crippen molar-refractivity contribution >= 4 is 29.2 Å². The fraction of sp³-hybridized carbons (Fsp3) is 0.176. The number of benzene rings is 2. The molecule has 2 aromatic rings. The highest BCUT2D eigenvalue weighted by Crippen LogP contribution is 2.22. The average molecular weight is 334 g/mol. The Labute approximate surface area is 138 Å². The number of esters is 1. The van der Waals surface area contributed by atoms with Gasteiger partial charge in [0.2, 0.25) is 0 Å². The number of nitrogens with one attached hydrogen (secondary N) is 1. The molecule has 0 saturated heterocycles. The van der Waals surface area contributed by atoms with Gasteiger partial charge in [-0.25, -0.2) is 4.79 Å². The van der Waals surface area contributed by atoms with Crippen LogP contribution in [0, 0.1) is 13.8 Å². The molecule has 2 rings (SSSR count). The molecule has 0 aliphatic heterocycles. The molecule has 6 heteroatoms. The summed E-state index contributed by atoms with van der Waals surface area (Å²) in [5.74, 6) is -1.55. The Morgan fingerprint density at radius 1 is 1.22 bits per heavy atom. The van der Waals surface area contributed by atoms with E-state index in [0.717, 1.165) is 11.1 Å². The van der Waals surface area contributed by atoms with E-state index in [9.17, 15) is 14.7 Å². The van der Waals surface area contributed by atoms with Crippen molar-refractivity contribution < 1.29 is 19.4 Å². The summed E-state index contributed by atoms with van der Waals surface area (Å²) in [6.07, 6.45) is 0. The van der Waals surface area contributed by atoms with Crippen LogP contribution in [0.1, 0.15) is 21.5 Å². The van der Waals surface area contributed by atoms with E-state index in [1.165, 1.54) is 18.2 Å². The maximum absolute atomic E-state index is 11.9. The summed E-state index contributed by atoms with van der Waals surface area (Å²) in [7, 11) is 0. The number of carbonyl (C=O) groups excluding carboxylic acids is 2. The maximum atomic E-state index is 11.9. The Morgan fingerprint density at radius 3 is 2.65 bits per heavy atom. The van der Waals surface area contributed by atoms with Gasteiger partial charge < -0.3 is 15.2 Å². The quantitative estimate of drug-likeness (QED) is 0.840. The van der Waals surface area contributed by atoms with E-state index in [4.69, 9.17) is 16.3 Å². The molecule has 2 N–H and O–H groups in total. The summed E-state index contributed by atoms with van der Waals surface area (Å²) < 4.78 is 4.90. The molecule has 1 amide bonds. The number of phenols is 1. The number of hydrogen-bond acceptors (Lipinski definition) is 4. The highest BCUT2D eigenvalue weighted by molar-refractivity contribution is 6.30. The smallest absolute Gasteiger partial charge is 0.342 e. The van der Waals surface area contributed by atoms with Crippen LogP contribution >= 0.6 is 11.6 Å². The lowest BCUT2D eigenvalue weighted by Crippen LogP contribution is -2.21. The van der Waals surface area contributed by atoms with Crippen molar-refractivity contribution in [2.75, 3.05) is 11.9 Å². The van der Waals surface area contributed by atoms with Crippen LogP contribution in [0.4, 0.5) is 5.69 Å². The number of ether oxygens (including phenoxy) is 1. The third-order valence-electron chi connectivity index (χ3n) is 3.39. The molecule has 0 bridgehead atoms. The second kappa shape index (κ2) is 7.15. The molecule has 0 atom stereocenters. The van der Waals surface area contributed by atoms with E-state index in [-0.39, 0.29) is 11.3 Å². The lowest BCUT2D eigenvalue weighted by molar-refractivity contribution is -0.119. The van der Waals surface area contributed by atoms with Crippen molar-refractivity contribution in [3.63, 3.8) is 0 Å². The van der Waals surface area contributed by atoms with Crippen LogP contribution in [0.3, 0.4) is 0 Å². The molecule has 0 heterocycles. The SMILES string of the molecule is Cc1cccc(NC(=O)COC(=O)c2ccc(Cl)cc2O)c1C. The normalized spacial score (nSPS) is 10.2. The van der Waals surface area contributed by atoms with Crippen molar-refractivity contribution in [2.45, 2.75) is 13.8 Å². The number of halogens is 1. The third-order valence-corrected chi connectivity index (χ3v) is 3.63. The number of amides is 1. The Morgan fingerprint density at radius 2 is 1.96 bits per heavy atom. The lowest BCUT2D eigenvalue weighted by Gasteiger charge is -2.11. The lowest BCUT2D eigenvalue weighted by atomic mass is 10.1. The largest absolute Gasteiger partial charge is 0.507 e. The minimum absolute atomic E-state index is 0.0473. The molecule has 0 aliphatic carbocycles. The first-order chi connectivity index (χ1) is 10.9. The molecule has 120 valence electrons. The van der Waals surface area contributed by atoms with Crippen LogP contribution in [0.2, 0.25) is 5.02 Å². The number of anilines is 1. The zero-order valence-corrected chi connectivity index (χ0v) is 13.5. The van der Waals surface area contributed by atoms with Gasteiger partial charge in [-0.2, -0.15) is 0 Å². The van der Waals surface area contributed by atoms with Gasteiger partial charge in [0.05, 0.1) is 0 Å². The van der Waals surface area contributed by atoms with E-state index in [1.54, 1.807) is 6.07 Å². The highest BCUT2D eigenvalue weighted by atomic mass is 35.5. The summed E-state index contributed by atoms with van der Waals surface area (Å²) in [6, 6.07) is 9.56. The summed E-state index contributed by atoms with van der Waals surface area (Å²) in [4.78, 5) is 23.7. The van der Waals surface area contributed by atoms with Crippen molar-refractivity contribution in [3.05, 3.63) is 58.1 Å². The first kappa shape index (κ1) is 16.8. The molecule has 0 fully saturated rings. The van der Waals surface area contributed by atoms with Crippen LogP contribution in [-0.2, 0) is 9.53 Å². The Hall–Kier alpha value is -2.53. The molecule has 0 aromatic heterocycles. The van der Waals surface area contributed by atoms with Gasteiger partial charge in [0.1, 0.15) is 11.3 Å². The van der Waals surface area contributed by atoms with Crippen LogP contribution in [-0.4, -0.2) is 23.6 Å². The van der Waals surface area contributed by atoms with Crippen LogP contribution in [0.15, 0.2) is 36.4 Å². The van der Waals surface area contributed by atoms with Gasteiger partial charge in [-0.15, -0.1) is 0 Å². The zero-order chi connectivity index (χ0) is 17.0. The molecule has 0 aliphatic rings. The maximum Gasteiger partial charge on any atom is 0.342 e. The number of hydrogen-bond donors (Lipinski definition) is 2. The van der Waals surface area contributed by atoms with Gasteiger partial charge in [-0.3, -0.25) is 4.79 Å². The Kier molecular flexibility index (Phi) is 5.24. The predicted molar refractivity (Wildman–Crippen MR) is 87.9 cm³/mol. The van der Waals surface area contributed by atoms with Gasteiger partial charge in [-0.05, 0) is 49.2 Å². The Bertz CT molecular complexity index is 758. The number of carbonyl (C=O) groups is 2. The van der Waals surface area contributed by atoms with Gasteiger partial charge in [-0.1, -0.05) is 23.7 Å². The second-order valence-electron chi connectivity index (χ2n) is 5.03. The van der Waals surface area contributed by atoms with Crippen molar-refractivity contribution in [3.8, 4) is 5.75 Å². The van der Waals surface area contributed by atoms with Gasteiger partial charge in [0.15, 0.2) is 6.61 Å². The predicted octanol–water partition coefficient (Wildman–Crippen LogP) is 3.46. The van der Waals surface area contributed by atoms with E-state index in [2.05, 4.69) is 5.32 Å². The van der Waals surface area contributed by atoms with Crippen molar-refractivity contribution in [2.24, 2.45) is 0 Å². The van der Waals surface area contributed by atoms with E-state index in [1.807, 2.05) is 26.0 Å². The number of rotatable bonds is 4. The van der Waals surface area contributed by atoms with E-state index < -0.39 is 18.5 Å². The first-order valence-electron chi connectivity index (χ1n) is 6.90. The monoisotopic (exact) mass is 333 g/mol. The number of aromatic hydroxyl groups is 1. The average Bonchev–Trinajstić information content (AvgIpc) is 2.49. The second-order valence-corrected chi connectivity index (χ2v) is 5.47. The summed E-state index contributed by atoms with van der Waals surface area (Å²) in [6.45, 7) is 3.38. The zero-order valence-electron chi connectivity index (χ0n) is 12.7. The fourth-order valence-electron chi connectivity index (χ4n) is 1.96. The van der Waals surface area contributed by atoms with Gasteiger partial charge in [0.25, 0.3) is 5.91 Å². The summed E-state index contributed by atoms with van der Waals surface area (Å²) >= 11 is 5.69. The standard InChI is InChI=1S/C17H16ClNO4/c1-10-4-3-5-14(11(10)2)19-16(21)9-23-17(22)13-7-6-12(18)8-15(13)20/h3-8,20H,9H2,1-2H3,(H,19,21). The number of aryl methyl sites for hydroxylation is 1. The third kappa shape index (κ3) is 4.23. The van der Waals surface area contributed by atoms with Crippen molar-refractivity contribution in [1.82, 2.24) is 0 Å². The molecule has 0 spiro atoms. The molecule has 2 aromatic carbocycles. The minimum Gasteiger partial charge on any atom is -0.507 e. The summed E-state index contributed by atoms with van der Waals surface area (Å²) in [5.41, 5.74) is 2.61. The first-order valence-corrected chi connectivity index (χ1v) is 7.28. The minimum atomic E-state index is -0.796. The molecule has 0 radical (unpaired) electrons. The highest BCUT2D eigenvalue weighted by Gasteiger charge is 2.15.